The molecule has 0 aromatic heterocycles. The van der Waals surface area contributed by atoms with E-state index in [-0.39, 0.29) is 25.9 Å². The Balaban J connectivity index is 4.61. The van der Waals surface area contributed by atoms with Crippen molar-refractivity contribution in [3.63, 3.8) is 0 Å². The number of hydrogen-bond donors (Lipinski definition) is 2. The zero-order valence-electron chi connectivity index (χ0n) is 47.2. The molecule has 0 radical (unpaired) electrons. The van der Waals surface area contributed by atoms with Crippen molar-refractivity contribution in [2.24, 2.45) is 0 Å². The van der Waals surface area contributed by atoms with E-state index in [1.54, 1.807) is 0 Å². The molecule has 0 aromatic rings. The fourth-order valence-corrected chi connectivity index (χ4v) is 9.78. The number of aliphatic hydroxyl groups excluding tert-OH is 1. The number of phosphoric ester groups is 1. The first-order chi connectivity index (χ1) is 35.2. The van der Waals surface area contributed by atoms with E-state index in [1.807, 2.05) is 0 Å². The molecule has 0 rings (SSSR count). The summed E-state index contributed by atoms with van der Waals surface area (Å²) in [6, 6.07) is 0. The van der Waals surface area contributed by atoms with E-state index >= 15 is 0 Å². The molecule has 3 atom stereocenters. The highest BCUT2D eigenvalue weighted by molar-refractivity contribution is 7.47. The van der Waals surface area contributed by atoms with Crippen LogP contribution in [0.25, 0.3) is 0 Å². The summed E-state index contributed by atoms with van der Waals surface area (Å²) in [5.41, 5.74) is 0. The number of hydrogen-bond acceptors (Lipinski definition) is 10. The molecule has 0 fully saturated rings. The molecule has 0 saturated heterocycles. The maximum Gasteiger partial charge on any atom is 0.472 e. The molecular formula is C60H115O11P. The summed E-state index contributed by atoms with van der Waals surface area (Å²) in [6.45, 7) is 4.69. The van der Waals surface area contributed by atoms with Gasteiger partial charge in [-0.3, -0.25) is 23.4 Å². The van der Waals surface area contributed by atoms with Crippen molar-refractivity contribution in [2.75, 3.05) is 26.4 Å². The first-order valence-corrected chi connectivity index (χ1v) is 32.1. The van der Waals surface area contributed by atoms with Crippen molar-refractivity contribution < 1.29 is 52.2 Å². The zero-order chi connectivity index (χ0) is 52.7. The molecule has 0 aromatic carbocycles. The second-order valence-electron chi connectivity index (χ2n) is 20.9. The Bertz CT molecular complexity index is 1260. The number of allylic oxidation sites excluding steroid dienone is 2. The molecule has 11 nitrogen and oxygen atoms in total. The molecule has 3 unspecified atom stereocenters. The van der Waals surface area contributed by atoms with Gasteiger partial charge >= 0.3 is 25.7 Å². The summed E-state index contributed by atoms with van der Waals surface area (Å²) in [5.74, 6) is -1.44. The SMILES string of the molecule is CCCCCCCC/C=C\CCCCCCCC(=O)OC(CO)COP(=O)(O)OCC(COC(=O)CCCCCCCCCCCCC)OC(=O)CCCCCCCCCCCCCCCCCCCCC. The van der Waals surface area contributed by atoms with Gasteiger partial charge in [0.05, 0.1) is 19.8 Å². The van der Waals surface area contributed by atoms with Crippen LogP contribution in [0.3, 0.4) is 0 Å². The van der Waals surface area contributed by atoms with Crippen LogP contribution < -0.4 is 0 Å². The lowest BCUT2D eigenvalue weighted by Gasteiger charge is -2.21. The average molecular weight is 1040 g/mol. The quantitative estimate of drug-likeness (QED) is 0.0197. The number of rotatable bonds is 58. The molecule has 0 aliphatic rings. The van der Waals surface area contributed by atoms with Gasteiger partial charge in [-0.05, 0) is 44.9 Å². The number of esters is 3. The van der Waals surface area contributed by atoms with E-state index in [9.17, 15) is 28.9 Å². The Morgan fingerprint density at radius 3 is 0.958 bits per heavy atom. The van der Waals surface area contributed by atoms with Crippen molar-refractivity contribution in [1.29, 1.82) is 0 Å². The molecule has 0 amide bonds. The van der Waals surface area contributed by atoms with Crippen LogP contribution in [0, 0.1) is 0 Å². The van der Waals surface area contributed by atoms with Crippen molar-refractivity contribution in [3.8, 4) is 0 Å². The summed E-state index contributed by atoms with van der Waals surface area (Å²) in [7, 11) is -4.74. The molecular weight excluding hydrogens is 928 g/mol. The molecule has 0 saturated carbocycles. The topological polar surface area (TPSA) is 155 Å². The van der Waals surface area contributed by atoms with Gasteiger partial charge < -0.3 is 24.2 Å². The van der Waals surface area contributed by atoms with Crippen molar-refractivity contribution in [2.45, 2.75) is 328 Å². The minimum atomic E-state index is -4.74. The number of carbonyl (C=O) groups excluding carboxylic acids is 3. The highest BCUT2D eigenvalue weighted by Crippen LogP contribution is 2.43. The molecule has 0 heterocycles. The molecule has 0 bridgehead atoms. The van der Waals surface area contributed by atoms with E-state index in [2.05, 4.69) is 32.9 Å². The Hall–Kier alpha value is -1.78. The number of carbonyl (C=O) groups is 3. The third-order valence-corrected chi connectivity index (χ3v) is 14.6. The highest BCUT2D eigenvalue weighted by atomic mass is 31.2. The van der Waals surface area contributed by atoms with E-state index in [4.69, 9.17) is 23.3 Å². The van der Waals surface area contributed by atoms with Gasteiger partial charge in [-0.25, -0.2) is 4.57 Å². The number of unbranched alkanes of at least 4 members (excludes halogenated alkanes) is 39. The normalized spacial score (nSPS) is 13.3. The number of phosphoric acid groups is 1. The van der Waals surface area contributed by atoms with Crippen LogP contribution in [-0.4, -0.2) is 66.5 Å². The Morgan fingerprint density at radius 1 is 0.375 bits per heavy atom. The summed E-state index contributed by atoms with van der Waals surface area (Å²) < 4.78 is 39.6. The van der Waals surface area contributed by atoms with Gasteiger partial charge in [-0.1, -0.05) is 264 Å². The third kappa shape index (κ3) is 53.1. The maximum atomic E-state index is 12.9. The monoisotopic (exact) mass is 1040 g/mol. The lowest BCUT2D eigenvalue weighted by Crippen LogP contribution is -2.30. The van der Waals surface area contributed by atoms with Gasteiger partial charge in [0.15, 0.2) is 6.10 Å². The van der Waals surface area contributed by atoms with Crippen molar-refractivity contribution >= 4 is 25.7 Å². The zero-order valence-corrected chi connectivity index (χ0v) is 48.1. The van der Waals surface area contributed by atoms with Gasteiger partial charge in [0.25, 0.3) is 0 Å². The lowest BCUT2D eigenvalue weighted by molar-refractivity contribution is -0.161. The van der Waals surface area contributed by atoms with Gasteiger partial charge in [0, 0.05) is 19.3 Å². The second kappa shape index (κ2) is 55.5. The molecule has 0 aliphatic heterocycles. The Kier molecular flexibility index (Phi) is 54.1. The predicted octanol–water partition coefficient (Wildman–Crippen LogP) is 18.0. The maximum absolute atomic E-state index is 12.9. The van der Waals surface area contributed by atoms with Crippen LogP contribution in [-0.2, 0) is 42.2 Å². The van der Waals surface area contributed by atoms with E-state index in [0.717, 1.165) is 77.0 Å². The lowest BCUT2D eigenvalue weighted by atomic mass is 10.0. The molecule has 0 aliphatic carbocycles. The van der Waals surface area contributed by atoms with Crippen molar-refractivity contribution in [1.82, 2.24) is 0 Å². The molecule has 72 heavy (non-hydrogen) atoms. The smallest absolute Gasteiger partial charge is 0.462 e. The number of aliphatic hydroxyl groups is 1. The third-order valence-electron chi connectivity index (χ3n) is 13.7. The van der Waals surface area contributed by atoms with Gasteiger partial charge in [-0.2, -0.15) is 0 Å². The fourth-order valence-electron chi connectivity index (χ4n) is 9.00. The van der Waals surface area contributed by atoms with Crippen LogP contribution >= 0.6 is 7.82 Å². The standard InChI is InChI=1S/C60H115O11P/c1-4-7-10-13-16-19-22-24-26-27-28-29-31-33-36-39-42-45-48-51-60(64)71-57(53-67-58(62)49-46-43-40-37-34-21-18-15-12-9-6-3)55-69-72(65,66)68-54-56(52-61)70-59(63)50-47-44-41-38-35-32-30-25-23-20-17-14-11-8-5-2/h25,30,56-57,61H,4-24,26-29,31-55H2,1-3H3,(H,65,66)/b30-25-. The van der Waals surface area contributed by atoms with Crippen molar-refractivity contribution in [3.05, 3.63) is 12.2 Å². The van der Waals surface area contributed by atoms with Gasteiger partial charge in [-0.15, -0.1) is 0 Å². The Morgan fingerprint density at radius 2 is 0.639 bits per heavy atom. The minimum absolute atomic E-state index is 0.173. The van der Waals surface area contributed by atoms with E-state index in [1.165, 1.54) is 180 Å². The second-order valence-corrected chi connectivity index (χ2v) is 22.3. The van der Waals surface area contributed by atoms with Crippen LogP contribution in [0.4, 0.5) is 0 Å². The molecule has 0 spiro atoms. The summed E-state index contributed by atoms with van der Waals surface area (Å²) in [5, 5.41) is 9.82. The largest absolute Gasteiger partial charge is 0.472 e. The molecule has 12 heteroatoms. The summed E-state index contributed by atoms with van der Waals surface area (Å²) in [6.07, 6.45) is 54.5. The van der Waals surface area contributed by atoms with Crippen LogP contribution in [0.2, 0.25) is 0 Å². The Labute approximate surface area is 443 Å². The summed E-state index contributed by atoms with van der Waals surface area (Å²) in [4.78, 5) is 48.5. The van der Waals surface area contributed by atoms with Crippen LogP contribution in [0.1, 0.15) is 316 Å². The van der Waals surface area contributed by atoms with Gasteiger partial charge in [0.1, 0.15) is 12.7 Å². The molecule has 426 valence electrons. The van der Waals surface area contributed by atoms with Crippen LogP contribution in [0.5, 0.6) is 0 Å². The van der Waals surface area contributed by atoms with Gasteiger partial charge in [0.2, 0.25) is 0 Å². The average Bonchev–Trinajstić information content (AvgIpc) is 3.37. The summed E-state index contributed by atoms with van der Waals surface area (Å²) >= 11 is 0. The minimum Gasteiger partial charge on any atom is -0.462 e. The highest BCUT2D eigenvalue weighted by Gasteiger charge is 2.28. The first-order valence-electron chi connectivity index (χ1n) is 30.6. The fraction of sp³-hybridized carbons (Fsp3) is 0.917. The van der Waals surface area contributed by atoms with E-state index in [0.29, 0.717) is 19.3 Å². The first kappa shape index (κ1) is 70.2. The van der Waals surface area contributed by atoms with Crippen LogP contribution in [0.15, 0.2) is 12.2 Å². The number of ether oxygens (including phenoxy) is 3. The molecule has 2 N–H and O–H groups in total. The van der Waals surface area contributed by atoms with E-state index < -0.39 is 57.8 Å². The predicted molar refractivity (Wildman–Crippen MR) is 298 cm³/mol.